The van der Waals surface area contributed by atoms with E-state index in [-0.39, 0.29) is 17.5 Å². The van der Waals surface area contributed by atoms with Gasteiger partial charge in [0.1, 0.15) is 5.60 Å². The summed E-state index contributed by atoms with van der Waals surface area (Å²) in [6.45, 7) is 11.2. The molecule has 120 valence electrons. The van der Waals surface area contributed by atoms with Crippen LogP contribution >= 0.6 is 0 Å². The second kappa shape index (κ2) is 4.73. The van der Waals surface area contributed by atoms with Gasteiger partial charge in [0.15, 0.2) is 0 Å². The van der Waals surface area contributed by atoms with Crippen molar-refractivity contribution in [2.45, 2.75) is 85.2 Å². The Labute approximate surface area is 130 Å². The van der Waals surface area contributed by atoms with Crippen molar-refractivity contribution in [2.75, 3.05) is 0 Å². The summed E-state index contributed by atoms with van der Waals surface area (Å²) < 4.78 is 6.12. The first-order valence-electron chi connectivity index (χ1n) is 8.98. The maximum atomic E-state index is 12.4. The summed E-state index contributed by atoms with van der Waals surface area (Å²) in [4.78, 5) is 12.4. The highest BCUT2D eigenvalue weighted by molar-refractivity contribution is 5.72. The first-order valence-corrected chi connectivity index (χ1v) is 8.98. The Morgan fingerprint density at radius 2 is 1.90 bits per heavy atom. The molecule has 3 fully saturated rings. The number of esters is 1. The molecule has 1 spiro atoms. The summed E-state index contributed by atoms with van der Waals surface area (Å²) in [6, 6.07) is 0. The van der Waals surface area contributed by atoms with Gasteiger partial charge >= 0.3 is 5.97 Å². The summed E-state index contributed by atoms with van der Waals surface area (Å²) >= 11 is 0. The SMILES string of the molecule is CCC(C)C(=O)O[C@]1(C)CC[C@]23CCCC2C(C)(C)[C@@H]1C3. The fourth-order valence-corrected chi connectivity index (χ4v) is 6.15. The number of carbonyl (C=O) groups is 1. The van der Waals surface area contributed by atoms with Gasteiger partial charge in [-0.05, 0) is 62.2 Å². The molecule has 0 saturated heterocycles. The molecule has 3 aliphatic rings. The summed E-state index contributed by atoms with van der Waals surface area (Å²) in [6.07, 6.45) is 8.70. The molecule has 3 rings (SSSR count). The Kier molecular flexibility index (Phi) is 3.46. The van der Waals surface area contributed by atoms with Gasteiger partial charge in [-0.25, -0.2) is 0 Å². The maximum Gasteiger partial charge on any atom is 0.309 e. The number of hydrogen-bond donors (Lipinski definition) is 0. The highest BCUT2D eigenvalue weighted by Gasteiger charge is 2.67. The summed E-state index contributed by atoms with van der Waals surface area (Å²) in [7, 11) is 0. The first-order chi connectivity index (χ1) is 9.75. The summed E-state index contributed by atoms with van der Waals surface area (Å²) in [5, 5.41) is 0. The molecule has 2 bridgehead atoms. The zero-order chi connectivity index (χ0) is 15.5. The molecule has 0 N–H and O–H groups in total. The first kappa shape index (κ1) is 15.4. The number of ether oxygens (including phenoxy) is 1. The minimum atomic E-state index is -0.237. The monoisotopic (exact) mass is 292 g/mol. The average Bonchev–Trinajstić information content (AvgIpc) is 2.92. The molecular weight excluding hydrogens is 260 g/mol. The number of rotatable bonds is 3. The smallest absolute Gasteiger partial charge is 0.309 e. The predicted octanol–water partition coefficient (Wildman–Crippen LogP) is 4.96. The van der Waals surface area contributed by atoms with Crippen LogP contribution in [0.1, 0.15) is 79.6 Å². The van der Waals surface area contributed by atoms with Gasteiger partial charge in [0.05, 0.1) is 5.92 Å². The molecule has 2 heteroatoms. The Bertz CT molecular complexity index is 441. The third kappa shape index (κ3) is 2.08. The van der Waals surface area contributed by atoms with E-state index in [4.69, 9.17) is 4.74 Å². The van der Waals surface area contributed by atoms with E-state index in [1.807, 2.05) is 6.92 Å². The van der Waals surface area contributed by atoms with Crippen molar-refractivity contribution in [2.24, 2.45) is 28.6 Å². The number of carbonyl (C=O) groups excluding carboxylic acids is 1. The highest BCUT2D eigenvalue weighted by atomic mass is 16.6. The Balaban J connectivity index is 1.85. The largest absolute Gasteiger partial charge is 0.459 e. The van der Waals surface area contributed by atoms with Gasteiger partial charge in [-0.3, -0.25) is 4.79 Å². The lowest BCUT2D eigenvalue weighted by molar-refractivity contribution is -0.177. The molecule has 0 radical (unpaired) electrons. The van der Waals surface area contributed by atoms with E-state index in [2.05, 4.69) is 27.7 Å². The van der Waals surface area contributed by atoms with Crippen molar-refractivity contribution < 1.29 is 9.53 Å². The van der Waals surface area contributed by atoms with E-state index in [0.717, 1.165) is 18.8 Å². The molecule has 0 aromatic heterocycles. The normalized spacial score (nSPS) is 45.2. The van der Waals surface area contributed by atoms with Gasteiger partial charge in [0.25, 0.3) is 0 Å². The van der Waals surface area contributed by atoms with Crippen LogP contribution in [0.4, 0.5) is 0 Å². The molecule has 0 aromatic rings. The molecule has 3 aliphatic carbocycles. The van der Waals surface area contributed by atoms with Crippen molar-refractivity contribution >= 4 is 5.97 Å². The van der Waals surface area contributed by atoms with Crippen LogP contribution in [0.25, 0.3) is 0 Å². The van der Waals surface area contributed by atoms with E-state index in [0.29, 0.717) is 16.7 Å². The van der Waals surface area contributed by atoms with Crippen molar-refractivity contribution in [3.05, 3.63) is 0 Å². The van der Waals surface area contributed by atoms with Crippen molar-refractivity contribution in [3.63, 3.8) is 0 Å². The fraction of sp³-hybridized carbons (Fsp3) is 0.947. The second-order valence-electron chi connectivity index (χ2n) is 8.93. The lowest BCUT2D eigenvalue weighted by Crippen LogP contribution is -2.47. The van der Waals surface area contributed by atoms with Crippen LogP contribution in [0.3, 0.4) is 0 Å². The van der Waals surface area contributed by atoms with E-state index in [9.17, 15) is 4.79 Å². The molecule has 0 aliphatic heterocycles. The van der Waals surface area contributed by atoms with Crippen LogP contribution in [0.2, 0.25) is 0 Å². The van der Waals surface area contributed by atoms with Crippen LogP contribution in [0, 0.1) is 28.6 Å². The lowest BCUT2D eigenvalue weighted by atomic mass is 9.66. The number of hydrogen-bond acceptors (Lipinski definition) is 2. The Morgan fingerprint density at radius 3 is 2.57 bits per heavy atom. The maximum absolute atomic E-state index is 12.4. The predicted molar refractivity (Wildman–Crippen MR) is 84.8 cm³/mol. The molecular formula is C19H32O2. The third-order valence-corrected chi connectivity index (χ3v) is 7.52. The van der Waals surface area contributed by atoms with Gasteiger partial charge in [-0.15, -0.1) is 0 Å². The lowest BCUT2D eigenvalue weighted by Gasteiger charge is -2.46. The van der Waals surface area contributed by atoms with Gasteiger partial charge in [-0.1, -0.05) is 34.1 Å². The van der Waals surface area contributed by atoms with Crippen LogP contribution in [0.15, 0.2) is 0 Å². The topological polar surface area (TPSA) is 26.3 Å². The van der Waals surface area contributed by atoms with Crippen molar-refractivity contribution in [3.8, 4) is 0 Å². The minimum Gasteiger partial charge on any atom is -0.459 e. The molecule has 0 aromatic carbocycles. The van der Waals surface area contributed by atoms with Gasteiger partial charge in [0.2, 0.25) is 0 Å². The fourth-order valence-electron chi connectivity index (χ4n) is 6.15. The van der Waals surface area contributed by atoms with E-state index in [1.54, 1.807) is 0 Å². The zero-order valence-corrected chi connectivity index (χ0v) is 14.5. The molecule has 5 atom stereocenters. The van der Waals surface area contributed by atoms with E-state index < -0.39 is 0 Å². The molecule has 3 saturated carbocycles. The standard InChI is InChI=1S/C19H32O2/c1-6-13(2)16(20)21-18(5)10-11-19-9-7-8-14(19)17(3,4)15(18)12-19/h13-15H,6-12H2,1-5H3/t13?,14?,15-,18+,19-/m0/s1. The van der Waals surface area contributed by atoms with Gasteiger partial charge in [-0.2, -0.15) is 0 Å². The van der Waals surface area contributed by atoms with Crippen LogP contribution in [-0.4, -0.2) is 11.6 Å². The van der Waals surface area contributed by atoms with Gasteiger partial charge < -0.3 is 4.74 Å². The zero-order valence-electron chi connectivity index (χ0n) is 14.5. The Morgan fingerprint density at radius 1 is 1.19 bits per heavy atom. The molecule has 0 amide bonds. The molecule has 2 nitrogen and oxygen atoms in total. The molecule has 0 heterocycles. The molecule has 21 heavy (non-hydrogen) atoms. The Hall–Kier alpha value is -0.530. The van der Waals surface area contributed by atoms with Crippen molar-refractivity contribution in [1.82, 2.24) is 0 Å². The van der Waals surface area contributed by atoms with Gasteiger partial charge in [0, 0.05) is 5.92 Å². The van der Waals surface area contributed by atoms with Crippen LogP contribution in [-0.2, 0) is 9.53 Å². The summed E-state index contributed by atoms with van der Waals surface area (Å²) in [5.74, 6) is 1.43. The average molecular weight is 292 g/mol. The van der Waals surface area contributed by atoms with Crippen LogP contribution < -0.4 is 0 Å². The van der Waals surface area contributed by atoms with E-state index in [1.165, 1.54) is 32.1 Å². The molecule has 2 unspecified atom stereocenters. The third-order valence-electron chi connectivity index (χ3n) is 7.52. The second-order valence-corrected chi connectivity index (χ2v) is 8.93. The van der Waals surface area contributed by atoms with Crippen LogP contribution in [0.5, 0.6) is 0 Å². The van der Waals surface area contributed by atoms with E-state index >= 15 is 0 Å². The minimum absolute atomic E-state index is 0.0174. The summed E-state index contributed by atoms with van der Waals surface area (Å²) in [5.41, 5.74) is 0.660. The highest BCUT2D eigenvalue weighted by Crippen LogP contribution is 2.72. The van der Waals surface area contributed by atoms with Crippen molar-refractivity contribution in [1.29, 1.82) is 0 Å². The quantitative estimate of drug-likeness (QED) is 0.687. The number of fused-ring (bicyclic) bond motifs is 1.